The zero-order valence-corrected chi connectivity index (χ0v) is 22.2. The van der Waals surface area contributed by atoms with E-state index in [0.717, 1.165) is 10.5 Å². The topological polar surface area (TPSA) is 114 Å². The van der Waals surface area contributed by atoms with Crippen LogP contribution in [0.3, 0.4) is 0 Å². The number of barbiturate groups is 1. The van der Waals surface area contributed by atoms with Gasteiger partial charge in [-0.2, -0.15) is 0 Å². The van der Waals surface area contributed by atoms with Gasteiger partial charge in [-0.25, -0.2) is 9.69 Å². The molecule has 0 radical (unpaired) electrons. The average Bonchev–Trinajstić information content (AvgIpc) is 2.88. The van der Waals surface area contributed by atoms with Crippen molar-refractivity contribution in [3.05, 3.63) is 87.9 Å². The average molecular weight is 578 g/mol. The summed E-state index contributed by atoms with van der Waals surface area (Å²) in [5, 5.41) is 4.95. The molecule has 0 atom stereocenters. The maximum absolute atomic E-state index is 13.2. The number of nitrogens with zero attached hydrogens (tertiary/aromatic N) is 1. The van der Waals surface area contributed by atoms with Crippen molar-refractivity contribution in [3.63, 3.8) is 0 Å². The summed E-state index contributed by atoms with van der Waals surface area (Å²) >= 11 is 3.44. The molecule has 9 nitrogen and oxygen atoms in total. The summed E-state index contributed by atoms with van der Waals surface area (Å²) in [5.74, 6) is -1.32. The number of amides is 5. The highest BCUT2D eigenvalue weighted by Crippen LogP contribution is 2.35. The van der Waals surface area contributed by atoms with E-state index in [-0.39, 0.29) is 18.1 Å². The van der Waals surface area contributed by atoms with E-state index in [4.69, 9.17) is 9.47 Å². The van der Waals surface area contributed by atoms with Gasteiger partial charge in [0.15, 0.2) is 18.1 Å². The molecular formula is C28H24BrN3O6. The van der Waals surface area contributed by atoms with Crippen LogP contribution in [0.1, 0.15) is 18.1 Å². The number of benzene rings is 3. The van der Waals surface area contributed by atoms with Crippen LogP contribution in [0.5, 0.6) is 11.5 Å². The molecule has 0 bridgehead atoms. The number of nitrogens with one attached hydrogen (secondary N) is 2. The molecule has 1 saturated heterocycles. The number of imide groups is 2. The van der Waals surface area contributed by atoms with Crippen molar-refractivity contribution < 1.29 is 28.7 Å². The number of hydrogen-bond donors (Lipinski definition) is 2. The summed E-state index contributed by atoms with van der Waals surface area (Å²) in [7, 11) is 0. The number of ether oxygens (including phenoxy) is 2. The summed E-state index contributed by atoms with van der Waals surface area (Å²) in [6, 6.07) is 18.2. The van der Waals surface area contributed by atoms with Crippen LogP contribution in [0.15, 0.2) is 76.8 Å². The molecule has 4 rings (SSSR count). The summed E-state index contributed by atoms with van der Waals surface area (Å²) < 4.78 is 11.9. The Bertz CT molecular complexity index is 1440. The second-order valence-corrected chi connectivity index (χ2v) is 9.11. The number of carbonyl (C=O) groups is 4. The van der Waals surface area contributed by atoms with E-state index in [1.54, 1.807) is 61.5 Å². The molecular weight excluding hydrogens is 554 g/mol. The molecule has 0 saturated carbocycles. The van der Waals surface area contributed by atoms with Crippen molar-refractivity contribution >= 4 is 57.1 Å². The second kappa shape index (κ2) is 11.7. The summed E-state index contributed by atoms with van der Waals surface area (Å²) in [6.07, 6.45) is 1.37. The zero-order valence-electron chi connectivity index (χ0n) is 20.6. The van der Waals surface area contributed by atoms with Crippen LogP contribution in [-0.4, -0.2) is 37.0 Å². The number of aryl methyl sites for hydroxylation is 1. The molecule has 194 valence electrons. The number of carbonyl (C=O) groups excluding carboxylic acids is 4. The molecule has 0 unspecified atom stereocenters. The van der Waals surface area contributed by atoms with Crippen molar-refractivity contribution in [2.75, 3.05) is 23.4 Å². The molecule has 5 amide bonds. The Hall–Kier alpha value is -4.44. The van der Waals surface area contributed by atoms with Crippen LogP contribution < -0.4 is 25.0 Å². The fraction of sp³-hybridized carbons (Fsp3) is 0.143. The standard InChI is InChI=1S/C28H24BrN3O6/c1-3-37-23-14-18(22(29)15-24(23)38-16-25(33)30-19-9-5-4-6-10-19)13-21-26(34)31-28(36)32(27(21)35)20-11-7-8-17(2)12-20/h4-15H,3,16H2,1-2H3,(H,30,33)(H,31,34,36)/b21-13+. The highest BCUT2D eigenvalue weighted by atomic mass is 79.9. The first-order valence-corrected chi connectivity index (χ1v) is 12.5. The normalized spacial score (nSPS) is 14.3. The van der Waals surface area contributed by atoms with Crippen LogP contribution in [0.2, 0.25) is 0 Å². The monoisotopic (exact) mass is 577 g/mol. The zero-order chi connectivity index (χ0) is 27.2. The number of hydrogen-bond acceptors (Lipinski definition) is 6. The van der Waals surface area contributed by atoms with Crippen LogP contribution >= 0.6 is 15.9 Å². The molecule has 3 aromatic rings. The van der Waals surface area contributed by atoms with Crippen molar-refractivity contribution in [1.29, 1.82) is 0 Å². The van der Waals surface area contributed by atoms with E-state index in [9.17, 15) is 19.2 Å². The lowest BCUT2D eigenvalue weighted by Gasteiger charge is -2.26. The molecule has 0 aliphatic carbocycles. The number of urea groups is 1. The maximum atomic E-state index is 13.2. The smallest absolute Gasteiger partial charge is 0.335 e. The molecule has 0 spiro atoms. The van der Waals surface area contributed by atoms with Crippen LogP contribution in [0.25, 0.3) is 6.08 Å². The Kier molecular flexibility index (Phi) is 8.22. The SMILES string of the molecule is CCOc1cc(/C=C2\C(=O)NC(=O)N(c3cccc(C)c3)C2=O)c(Br)cc1OCC(=O)Nc1ccccc1. The predicted molar refractivity (Wildman–Crippen MR) is 146 cm³/mol. The van der Waals surface area contributed by atoms with E-state index in [1.807, 2.05) is 19.1 Å². The van der Waals surface area contributed by atoms with Gasteiger partial charge in [-0.05, 0) is 67.4 Å². The Labute approximate surface area is 227 Å². The first kappa shape index (κ1) is 26.6. The van der Waals surface area contributed by atoms with Gasteiger partial charge in [0.25, 0.3) is 17.7 Å². The minimum Gasteiger partial charge on any atom is -0.490 e. The first-order chi connectivity index (χ1) is 18.3. The van der Waals surface area contributed by atoms with Crippen molar-refractivity contribution in [2.45, 2.75) is 13.8 Å². The molecule has 3 aromatic carbocycles. The molecule has 1 heterocycles. The number of para-hydroxylation sites is 1. The van der Waals surface area contributed by atoms with Gasteiger partial charge >= 0.3 is 6.03 Å². The summed E-state index contributed by atoms with van der Waals surface area (Å²) in [5.41, 5.74) is 2.04. The number of rotatable bonds is 8. The number of anilines is 2. The quantitative estimate of drug-likeness (QED) is 0.292. The van der Waals surface area contributed by atoms with Gasteiger partial charge in [0, 0.05) is 10.2 Å². The van der Waals surface area contributed by atoms with Gasteiger partial charge in [0.05, 0.1) is 12.3 Å². The molecule has 1 aliphatic rings. The van der Waals surface area contributed by atoms with E-state index in [0.29, 0.717) is 39.5 Å². The van der Waals surface area contributed by atoms with E-state index in [1.165, 1.54) is 6.08 Å². The Balaban J connectivity index is 1.59. The van der Waals surface area contributed by atoms with Crippen LogP contribution in [0.4, 0.5) is 16.2 Å². The van der Waals surface area contributed by atoms with Gasteiger partial charge in [-0.1, -0.05) is 46.3 Å². The third-order valence-electron chi connectivity index (χ3n) is 5.44. The van der Waals surface area contributed by atoms with Crippen molar-refractivity contribution in [2.24, 2.45) is 0 Å². The Morgan fingerprint density at radius 3 is 2.45 bits per heavy atom. The van der Waals surface area contributed by atoms with Gasteiger partial charge in [0.1, 0.15) is 5.57 Å². The minimum atomic E-state index is -0.825. The Morgan fingerprint density at radius 1 is 1.00 bits per heavy atom. The molecule has 1 fully saturated rings. The fourth-order valence-corrected chi connectivity index (χ4v) is 4.16. The third kappa shape index (κ3) is 6.09. The van der Waals surface area contributed by atoms with Crippen molar-refractivity contribution in [1.82, 2.24) is 5.32 Å². The maximum Gasteiger partial charge on any atom is 0.335 e. The second-order valence-electron chi connectivity index (χ2n) is 8.25. The Morgan fingerprint density at radius 2 is 1.74 bits per heavy atom. The molecule has 0 aromatic heterocycles. The highest BCUT2D eigenvalue weighted by Gasteiger charge is 2.37. The van der Waals surface area contributed by atoms with Gasteiger partial charge in [0.2, 0.25) is 0 Å². The van der Waals surface area contributed by atoms with E-state index in [2.05, 4.69) is 26.6 Å². The largest absolute Gasteiger partial charge is 0.490 e. The van der Waals surface area contributed by atoms with Crippen LogP contribution in [0, 0.1) is 6.92 Å². The van der Waals surface area contributed by atoms with E-state index >= 15 is 0 Å². The summed E-state index contributed by atoms with van der Waals surface area (Å²) in [4.78, 5) is 51.6. The highest BCUT2D eigenvalue weighted by molar-refractivity contribution is 9.10. The third-order valence-corrected chi connectivity index (χ3v) is 6.13. The van der Waals surface area contributed by atoms with Gasteiger partial charge < -0.3 is 14.8 Å². The molecule has 1 aliphatic heterocycles. The van der Waals surface area contributed by atoms with Gasteiger partial charge in [-0.15, -0.1) is 0 Å². The van der Waals surface area contributed by atoms with Crippen LogP contribution in [-0.2, 0) is 14.4 Å². The minimum absolute atomic E-state index is 0.231. The molecule has 10 heteroatoms. The fourth-order valence-electron chi connectivity index (χ4n) is 3.72. The lowest BCUT2D eigenvalue weighted by molar-refractivity contribution is -0.122. The van der Waals surface area contributed by atoms with Crippen molar-refractivity contribution in [3.8, 4) is 11.5 Å². The lowest BCUT2D eigenvalue weighted by atomic mass is 10.1. The molecule has 38 heavy (non-hydrogen) atoms. The van der Waals surface area contributed by atoms with E-state index < -0.39 is 17.8 Å². The first-order valence-electron chi connectivity index (χ1n) is 11.7. The van der Waals surface area contributed by atoms with Gasteiger partial charge in [-0.3, -0.25) is 19.7 Å². The summed E-state index contributed by atoms with van der Waals surface area (Å²) in [6.45, 7) is 3.66. The molecule has 2 N–H and O–H groups in total. The lowest BCUT2D eigenvalue weighted by Crippen LogP contribution is -2.54. The number of halogens is 1. The predicted octanol–water partition coefficient (Wildman–Crippen LogP) is 4.84.